The van der Waals surface area contributed by atoms with Gasteiger partial charge in [-0.05, 0) is 29.8 Å². The van der Waals surface area contributed by atoms with Crippen LogP contribution in [0, 0.1) is 0 Å². The molecule has 0 saturated heterocycles. The topological polar surface area (TPSA) is 51.1 Å². The van der Waals surface area contributed by atoms with E-state index in [2.05, 4.69) is 5.32 Å². The van der Waals surface area contributed by atoms with Crippen LogP contribution in [0.25, 0.3) is 10.9 Å². The van der Waals surface area contributed by atoms with Crippen LogP contribution in [0.15, 0.2) is 53.5 Å². The number of hydrogen-bond acceptors (Lipinski definition) is 2. The van der Waals surface area contributed by atoms with Crippen LogP contribution in [0.5, 0.6) is 0 Å². The lowest BCUT2D eigenvalue weighted by atomic mass is 10.1. The zero-order valence-electron chi connectivity index (χ0n) is 12.8. The number of carbonyl (C=O) groups is 1. The van der Waals surface area contributed by atoms with Crippen LogP contribution < -0.4 is 10.7 Å². The summed E-state index contributed by atoms with van der Waals surface area (Å²) in [7, 11) is 1.78. The largest absolute Gasteiger partial charge is 0.350 e. The second-order valence-corrected chi connectivity index (χ2v) is 6.26. The number of fused-ring (bicyclic) bond motifs is 1. The van der Waals surface area contributed by atoms with Crippen LogP contribution in [0.2, 0.25) is 10.0 Å². The van der Waals surface area contributed by atoms with Crippen LogP contribution in [0.1, 0.15) is 15.9 Å². The third kappa shape index (κ3) is 3.16. The van der Waals surface area contributed by atoms with Gasteiger partial charge in [0.05, 0.1) is 5.52 Å². The third-order valence-corrected chi connectivity index (χ3v) is 4.40. The Morgan fingerprint density at radius 3 is 2.67 bits per heavy atom. The Morgan fingerprint density at radius 2 is 1.92 bits per heavy atom. The molecule has 4 nitrogen and oxygen atoms in total. The molecule has 1 heterocycles. The fourth-order valence-corrected chi connectivity index (χ4v) is 2.91. The maximum absolute atomic E-state index is 12.6. The molecule has 6 heteroatoms. The normalized spacial score (nSPS) is 10.8. The van der Waals surface area contributed by atoms with Gasteiger partial charge in [0.1, 0.15) is 5.56 Å². The van der Waals surface area contributed by atoms with Gasteiger partial charge in [0.2, 0.25) is 5.43 Å². The molecule has 3 aromatic rings. The molecule has 0 atom stereocenters. The second kappa shape index (κ2) is 6.67. The Morgan fingerprint density at radius 1 is 1.17 bits per heavy atom. The first kappa shape index (κ1) is 16.6. The van der Waals surface area contributed by atoms with Crippen molar-refractivity contribution in [3.63, 3.8) is 0 Å². The quantitative estimate of drug-likeness (QED) is 0.772. The monoisotopic (exact) mass is 360 g/mol. The summed E-state index contributed by atoms with van der Waals surface area (Å²) in [5, 5.41) is 4.16. The number of carbonyl (C=O) groups excluding carboxylic acids is 1. The molecule has 0 unspecified atom stereocenters. The highest BCUT2D eigenvalue weighted by Gasteiger charge is 2.15. The summed E-state index contributed by atoms with van der Waals surface area (Å²) < 4.78 is 1.73. The molecule has 1 aromatic heterocycles. The Bertz CT molecular complexity index is 996. The summed E-state index contributed by atoms with van der Waals surface area (Å²) in [4.78, 5) is 25.0. The summed E-state index contributed by atoms with van der Waals surface area (Å²) >= 11 is 12.0. The molecule has 24 heavy (non-hydrogen) atoms. The highest BCUT2D eigenvalue weighted by Crippen LogP contribution is 2.17. The summed E-state index contributed by atoms with van der Waals surface area (Å²) in [6, 6.07) is 12.3. The molecule has 122 valence electrons. The molecule has 0 aliphatic heterocycles. The number of aromatic nitrogens is 1. The summed E-state index contributed by atoms with van der Waals surface area (Å²) in [6.45, 7) is 0.245. The molecule has 1 N–H and O–H groups in total. The molecule has 2 aromatic carbocycles. The van der Waals surface area contributed by atoms with Gasteiger partial charge in [-0.15, -0.1) is 0 Å². The average Bonchev–Trinajstić information content (AvgIpc) is 2.57. The minimum absolute atomic E-state index is 0.0688. The van der Waals surface area contributed by atoms with Crippen molar-refractivity contribution in [2.75, 3.05) is 0 Å². The number of amides is 1. The number of rotatable bonds is 3. The molecule has 0 aliphatic carbocycles. The first-order valence-corrected chi connectivity index (χ1v) is 8.03. The van der Waals surface area contributed by atoms with Gasteiger partial charge in [-0.25, -0.2) is 0 Å². The van der Waals surface area contributed by atoms with Crippen molar-refractivity contribution in [3.8, 4) is 0 Å². The summed E-state index contributed by atoms with van der Waals surface area (Å²) in [5.74, 6) is -0.447. The third-order valence-electron chi connectivity index (χ3n) is 3.79. The number of pyridine rings is 1. The molecule has 3 rings (SSSR count). The molecule has 0 saturated carbocycles. The van der Waals surface area contributed by atoms with Crippen molar-refractivity contribution in [2.45, 2.75) is 6.54 Å². The van der Waals surface area contributed by atoms with E-state index in [-0.39, 0.29) is 17.5 Å². The number of nitrogens with zero attached hydrogens (tertiary/aromatic N) is 1. The van der Waals surface area contributed by atoms with E-state index in [9.17, 15) is 9.59 Å². The zero-order chi connectivity index (χ0) is 17.3. The first-order valence-electron chi connectivity index (χ1n) is 7.28. The van der Waals surface area contributed by atoms with E-state index in [4.69, 9.17) is 23.2 Å². The van der Waals surface area contributed by atoms with Gasteiger partial charge in [-0.2, -0.15) is 0 Å². The molecule has 0 fully saturated rings. The first-order chi connectivity index (χ1) is 11.5. The van der Waals surface area contributed by atoms with Gasteiger partial charge in [0, 0.05) is 35.2 Å². The maximum Gasteiger partial charge on any atom is 0.257 e. The highest BCUT2D eigenvalue weighted by atomic mass is 35.5. The van der Waals surface area contributed by atoms with Crippen molar-refractivity contribution in [3.05, 3.63) is 80.1 Å². The predicted molar refractivity (Wildman–Crippen MR) is 96.8 cm³/mol. The van der Waals surface area contributed by atoms with Crippen LogP contribution in [-0.2, 0) is 13.6 Å². The van der Waals surface area contributed by atoms with E-state index in [0.29, 0.717) is 20.9 Å². The molecule has 1 amide bonds. The minimum atomic E-state index is -0.447. The fraction of sp³-hybridized carbons (Fsp3) is 0.111. The highest BCUT2D eigenvalue weighted by molar-refractivity contribution is 6.31. The van der Waals surface area contributed by atoms with Gasteiger partial charge in [-0.1, -0.05) is 41.4 Å². The van der Waals surface area contributed by atoms with Crippen LogP contribution in [0.4, 0.5) is 0 Å². The lowest BCUT2D eigenvalue weighted by Gasteiger charge is -2.10. The number of halogens is 2. The molecule has 0 aliphatic rings. The summed E-state index contributed by atoms with van der Waals surface area (Å²) in [6.07, 6.45) is 1.53. The summed E-state index contributed by atoms with van der Waals surface area (Å²) in [5.41, 5.74) is 1.22. The van der Waals surface area contributed by atoms with E-state index in [1.54, 1.807) is 35.9 Å². The number of nitrogens with one attached hydrogen (secondary N) is 1. The van der Waals surface area contributed by atoms with Crippen molar-refractivity contribution in [1.29, 1.82) is 0 Å². The molecule has 0 radical (unpaired) electrons. The van der Waals surface area contributed by atoms with Gasteiger partial charge in [-0.3, -0.25) is 9.59 Å². The van der Waals surface area contributed by atoms with E-state index < -0.39 is 5.91 Å². The molecular weight excluding hydrogens is 347 g/mol. The standard InChI is InChI=1S/C18H14Cl2N2O2/c1-22-10-14(17(23)13-8-12(19)6-7-16(13)22)18(24)21-9-11-4-2-3-5-15(11)20/h2-8,10H,9H2,1H3,(H,21,24). The van der Waals surface area contributed by atoms with E-state index >= 15 is 0 Å². The van der Waals surface area contributed by atoms with Crippen LogP contribution in [0.3, 0.4) is 0 Å². The zero-order valence-corrected chi connectivity index (χ0v) is 14.4. The van der Waals surface area contributed by atoms with Gasteiger partial charge >= 0.3 is 0 Å². The second-order valence-electron chi connectivity index (χ2n) is 5.42. The van der Waals surface area contributed by atoms with Gasteiger partial charge in [0.15, 0.2) is 0 Å². The predicted octanol–water partition coefficient (Wildman–Crippen LogP) is 3.78. The van der Waals surface area contributed by atoms with E-state index in [1.165, 1.54) is 6.20 Å². The number of benzene rings is 2. The van der Waals surface area contributed by atoms with Gasteiger partial charge < -0.3 is 9.88 Å². The maximum atomic E-state index is 12.6. The Labute approximate surface area is 148 Å². The smallest absolute Gasteiger partial charge is 0.257 e. The molecular formula is C18H14Cl2N2O2. The number of hydrogen-bond donors (Lipinski definition) is 1. The Kier molecular flexibility index (Phi) is 4.60. The molecule has 0 bridgehead atoms. The fourth-order valence-electron chi connectivity index (χ4n) is 2.54. The Balaban J connectivity index is 1.94. The minimum Gasteiger partial charge on any atom is -0.350 e. The SMILES string of the molecule is Cn1cc(C(=O)NCc2ccccc2Cl)c(=O)c2cc(Cl)ccc21. The Hall–Kier alpha value is -2.30. The lowest BCUT2D eigenvalue weighted by Crippen LogP contribution is -2.29. The van der Waals surface area contributed by atoms with Crippen LogP contribution >= 0.6 is 23.2 Å². The van der Waals surface area contributed by atoms with Crippen molar-refractivity contribution in [1.82, 2.24) is 9.88 Å². The van der Waals surface area contributed by atoms with Crippen molar-refractivity contribution < 1.29 is 4.79 Å². The average molecular weight is 361 g/mol. The van der Waals surface area contributed by atoms with E-state index in [0.717, 1.165) is 5.56 Å². The van der Waals surface area contributed by atoms with Gasteiger partial charge in [0.25, 0.3) is 5.91 Å². The number of aryl methyl sites for hydroxylation is 1. The van der Waals surface area contributed by atoms with Crippen LogP contribution in [-0.4, -0.2) is 10.5 Å². The van der Waals surface area contributed by atoms with Crippen molar-refractivity contribution >= 4 is 40.0 Å². The van der Waals surface area contributed by atoms with E-state index in [1.807, 2.05) is 18.2 Å². The van der Waals surface area contributed by atoms with Crippen molar-refractivity contribution in [2.24, 2.45) is 7.05 Å². The lowest BCUT2D eigenvalue weighted by molar-refractivity contribution is 0.0949. The molecule has 0 spiro atoms.